The van der Waals surface area contributed by atoms with Gasteiger partial charge in [0.05, 0.1) is 13.2 Å². The Morgan fingerprint density at radius 3 is 1.55 bits per heavy atom. The molecule has 0 aliphatic carbocycles. The van der Waals surface area contributed by atoms with Gasteiger partial charge in [-0.2, -0.15) is 57.1 Å². The van der Waals surface area contributed by atoms with Crippen LogP contribution in [-0.4, -0.2) is 49.0 Å². The molecule has 0 spiro atoms. The van der Waals surface area contributed by atoms with E-state index in [9.17, 15) is 57.1 Å². The maximum atomic E-state index is 14.2. The Bertz CT molecular complexity index is 799. The van der Waals surface area contributed by atoms with Crippen LogP contribution in [0.15, 0.2) is 30.3 Å². The molecular formula is C18H15F13O2. The highest BCUT2D eigenvalue weighted by Crippen LogP contribution is 2.61. The van der Waals surface area contributed by atoms with Crippen molar-refractivity contribution in [2.24, 2.45) is 0 Å². The van der Waals surface area contributed by atoms with Crippen LogP contribution in [0.3, 0.4) is 0 Å². The fourth-order valence-corrected chi connectivity index (χ4v) is 3.00. The van der Waals surface area contributed by atoms with Crippen LogP contribution in [0.4, 0.5) is 57.1 Å². The van der Waals surface area contributed by atoms with E-state index in [2.05, 4.69) is 0 Å². The van der Waals surface area contributed by atoms with Crippen molar-refractivity contribution in [3.8, 4) is 0 Å². The summed E-state index contributed by atoms with van der Waals surface area (Å²) in [6.45, 7) is -0.328. The van der Waals surface area contributed by atoms with Gasteiger partial charge in [-0.1, -0.05) is 30.3 Å². The number of ether oxygens (including phenoxy) is 2. The Morgan fingerprint density at radius 1 is 0.636 bits per heavy atom. The minimum atomic E-state index is -7.92. The smallest absolute Gasteiger partial charge is 0.346 e. The molecule has 1 aliphatic heterocycles. The van der Waals surface area contributed by atoms with Crippen molar-refractivity contribution >= 4 is 0 Å². The molecule has 2 rings (SSSR count). The molecule has 0 bridgehead atoms. The molecule has 190 valence electrons. The Kier molecular flexibility index (Phi) is 7.05. The van der Waals surface area contributed by atoms with Gasteiger partial charge in [-0.3, -0.25) is 0 Å². The van der Waals surface area contributed by atoms with Crippen molar-refractivity contribution in [3.63, 3.8) is 0 Å². The van der Waals surface area contributed by atoms with Crippen molar-refractivity contribution in [1.29, 1.82) is 0 Å². The van der Waals surface area contributed by atoms with Crippen LogP contribution in [0.5, 0.6) is 0 Å². The van der Waals surface area contributed by atoms with E-state index in [4.69, 9.17) is 9.47 Å². The summed E-state index contributed by atoms with van der Waals surface area (Å²) in [6, 6.07) is 6.60. The highest BCUT2D eigenvalue weighted by Gasteiger charge is 2.90. The predicted molar refractivity (Wildman–Crippen MR) is 84.7 cm³/mol. The van der Waals surface area contributed by atoms with Crippen molar-refractivity contribution in [2.75, 3.05) is 13.2 Å². The summed E-state index contributed by atoms with van der Waals surface area (Å²) in [4.78, 5) is 0. The molecule has 0 atom stereocenters. The fourth-order valence-electron chi connectivity index (χ4n) is 3.00. The van der Waals surface area contributed by atoms with Gasteiger partial charge in [0.2, 0.25) is 0 Å². The van der Waals surface area contributed by atoms with Crippen LogP contribution in [0, 0.1) is 0 Å². The van der Waals surface area contributed by atoms with Crippen LogP contribution in [0.25, 0.3) is 0 Å². The summed E-state index contributed by atoms with van der Waals surface area (Å²) >= 11 is 0. The Labute approximate surface area is 177 Å². The lowest BCUT2D eigenvalue weighted by Crippen LogP contribution is -2.70. The second kappa shape index (κ2) is 8.47. The monoisotopic (exact) mass is 510 g/mol. The molecule has 1 aromatic rings. The zero-order chi connectivity index (χ0) is 25.6. The van der Waals surface area contributed by atoms with E-state index in [-0.39, 0.29) is 25.2 Å². The van der Waals surface area contributed by atoms with Crippen molar-refractivity contribution < 1.29 is 66.5 Å². The van der Waals surface area contributed by atoms with Crippen molar-refractivity contribution in [2.45, 2.75) is 60.8 Å². The number of benzene rings is 1. The molecule has 0 radical (unpaired) electrons. The molecular weight excluding hydrogens is 495 g/mol. The van der Waals surface area contributed by atoms with E-state index in [0.29, 0.717) is 0 Å². The summed E-state index contributed by atoms with van der Waals surface area (Å²) in [5, 5.41) is 0. The standard InChI is InChI=1S/C18H15F13O2/c19-13(20,8-7-12(32-9-4-10-33-12)11-5-2-1-3-6-11)14(21,22)15(23,24)16(25,26)17(27,28)18(29,30)31/h1-3,5-6H,4,7-10H2. The molecule has 0 saturated carbocycles. The summed E-state index contributed by atoms with van der Waals surface area (Å²) in [6.07, 6.45) is -11.0. The molecule has 1 saturated heterocycles. The molecule has 0 N–H and O–H groups in total. The molecule has 0 unspecified atom stereocenters. The van der Waals surface area contributed by atoms with Gasteiger partial charge in [0.25, 0.3) is 0 Å². The average Bonchev–Trinajstić information content (AvgIpc) is 2.72. The number of alkyl halides is 13. The van der Waals surface area contributed by atoms with Gasteiger partial charge in [-0.05, 0) is 6.42 Å². The molecule has 2 nitrogen and oxygen atoms in total. The van der Waals surface area contributed by atoms with E-state index in [1.807, 2.05) is 0 Å². The summed E-state index contributed by atoms with van der Waals surface area (Å²) in [5.74, 6) is -39.2. The fraction of sp³-hybridized carbons (Fsp3) is 0.667. The first-order valence-electron chi connectivity index (χ1n) is 9.06. The molecule has 0 aromatic heterocycles. The minimum Gasteiger partial charge on any atom is -0.346 e. The first kappa shape index (κ1) is 27.5. The molecule has 1 heterocycles. The Hall–Kier alpha value is -1.77. The summed E-state index contributed by atoms with van der Waals surface area (Å²) < 4.78 is 183. The third kappa shape index (κ3) is 4.37. The van der Waals surface area contributed by atoms with E-state index >= 15 is 0 Å². The number of hydrogen-bond donors (Lipinski definition) is 0. The van der Waals surface area contributed by atoms with E-state index in [1.54, 1.807) is 0 Å². The van der Waals surface area contributed by atoms with Crippen LogP contribution in [0.1, 0.15) is 24.8 Å². The normalized spacial score (nSPS) is 18.9. The van der Waals surface area contributed by atoms with Gasteiger partial charge in [0, 0.05) is 18.4 Å². The highest BCUT2D eigenvalue weighted by molar-refractivity contribution is 5.21. The third-order valence-corrected chi connectivity index (χ3v) is 4.94. The van der Waals surface area contributed by atoms with Gasteiger partial charge in [0.1, 0.15) is 0 Å². The van der Waals surface area contributed by atoms with Gasteiger partial charge in [-0.15, -0.1) is 0 Å². The predicted octanol–water partition coefficient (Wildman–Crippen LogP) is 6.80. The van der Waals surface area contributed by atoms with E-state index in [0.717, 1.165) is 0 Å². The number of halogens is 13. The summed E-state index contributed by atoms with van der Waals surface area (Å²) in [7, 11) is 0. The molecule has 1 aromatic carbocycles. The van der Waals surface area contributed by atoms with E-state index < -0.39 is 54.4 Å². The Balaban J connectivity index is 2.39. The highest BCUT2D eigenvalue weighted by atomic mass is 19.4. The second-order valence-corrected chi connectivity index (χ2v) is 7.17. The van der Waals surface area contributed by atoms with Crippen LogP contribution < -0.4 is 0 Å². The lowest BCUT2D eigenvalue weighted by molar-refractivity contribution is -0.440. The largest absolute Gasteiger partial charge is 0.460 e. The van der Waals surface area contributed by atoms with Crippen LogP contribution >= 0.6 is 0 Å². The van der Waals surface area contributed by atoms with E-state index in [1.165, 1.54) is 30.3 Å². The zero-order valence-corrected chi connectivity index (χ0v) is 16.2. The van der Waals surface area contributed by atoms with Gasteiger partial charge in [0.15, 0.2) is 5.79 Å². The van der Waals surface area contributed by atoms with Gasteiger partial charge in [-0.25, -0.2) is 0 Å². The van der Waals surface area contributed by atoms with Crippen molar-refractivity contribution in [1.82, 2.24) is 0 Å². The maximum Gasteiger partial charge on any atom is 0.460 e. The molecule has 1 fully saturated rings. The maximum absolute atomic E-state index is 14.2. The molecule has 33 heavy (non-hydrogen) atoms. The number of rotatable bonds is 8. The average molecular weight is 510 g/mol. The first-order chi connectivity index (χ1) is 14.8. The second-order valence-electron chi connectivity index (χ2n) is 7.17. The van der Waals surface area contributed by atoms with Crippen LogP contribution in [-0.2, 0) is 15.3 Å². The van der Waals surface area contributed by atoms with Crippen molar-refractivity contribution in [3.05, 3.63) is 35.9 Å². The van der Waals surface area contributed by atoms with Crippen LogP contribution in [0.2, 0.25) is 0 Å². The molecule has 1 aliphatic rings. The zero-order valence-electron chi connectivity index (χ0n) is 16.2. The number of hydrogen-bond acceptors (Lipinski definition) is 2. The lowest BCUT2D eigenvalue weighted by Gasteiger charge is -2.41. The molecule has 15 heteroatoms. The van der Waals surface area contributed by atoms with Gasteiger partial charge >= 0.3 is 35.8 Å². The quantitative estimate of drug-likeness (QED) is 0.359. The Morgan fingerprint density at radius 2 is 1.09 bits per heavy atom. The first-order valence-corrected chi connectivity index (χ1v) is 9.06. The van der Waals surface area contributed by atoms with Gasteiger partial charge < -0.3 is 9.47 Å². The minimum absolute atomic E-state index is 0.0375. The lowest BCUT2D eigenvalue weighted by atomic mass is 9.89. The topological polar surface area (TPSA) is 18.5 Å². The SMILES string of the molecule is FC(F)(F)C(F)(F)C(F)(F)C(F)(F)C(F)(F)C(F)(F)CCC1(c2ccccc2)OCCCO1. The molecule has 0 amide bonds. The third-order valence-electron chi connectivity index (χ3n) is 4.94. The summed E-state index contributed by atoms with van der Waals surface area (Å²) in [5.41, 5.74) is -0.0375.